The van der Waals surface area contributed by atoms with Crippen LogP contribution in [0, 0.1) is 0 Å². The minimum Gasteiger partial charge on any atom is -0.550 e. The number of aliphatic carboxylic acids is 2. The van der Waals surface area contributed by atoms with Gasteiger partial charge in [0.2, 0.25) is 0 Å². The first-order chi connectivity index (χ1) is 11.5. The van der Waals surface area contributed by atoms with Gasteiger partial charge in [-0.3, -0.25) is 0 Å². The van der Waals surface area contributed by atoms with E-state index in [2.05, 4.69) is 6.92 Å². The van der Waals surface area contributed by atoms with Crippen molar-refractivity contribution < 1.29 is 123 Å². The van der Waals surface area contributed by atoms with E-state index in [9.17, 15) is 9.90 Å². The summed E-state index contributed by atoms with van der Waals surface area (Å²) in [4.78, 5) is 19.1. The predicted molar refractivity (Wildman–Crippen MR) is 95.2 cm³/mol. The molecule has 0 heterocycles. The first kappa shape index (κ1) is 35.6. The van der Waals surface area contributed by atoms with Crippen molar-refractivity contribution in [3.63, 3.8) is 0 Å². The maximum absolute atomic E-state index is 10.2. The average Bonchev–Trinajstić information content (AvgIpc) is 2.50. The molecule has 6 heteroatoms. The normalized spacial score (nSPS) is 9.31. The summed E-state index contributed by atoms with van der Waals surface area (Å²) in [5, 5.41) is 19.1. The van der Waals surface area contributed by atoms with Gasteiger partial charge in [0, 0.05) is 11.9 Å². The van der Waals surface area contributed by atoms with Crippen molar-refractivity contribution in [2.75, 3.05) is 0 Å². The molecule has 144 valence electrons. The summed E-state index contributed by atoms with van der Waals surface area (Å²) < 4.78 is 0. The average molecular weight is 421 g/mol. The molecule has 0 aliphatic rings. The third-order valence-electron chi connectivity index (χ3n) is 3.98. The number of carbonyl (C=O) groups excluding carboxylic acids is 2. The minimum absolute atomic E-state index is 0. The van der Waals surface area contributed by atoms with Crippen molar-refractivity contribution in [2.24, 2.45) is 0 Å². The molecule has 0 rings (SSSR count). The van der Waals surface area contributed by atoms with Crippen LogP contribution in [0.5, 0.6) is 0 Å². The fourth-order valence-electron chi connectivity index (χ4n) is 2.64. The van der Waals surface area contributed by atoms with Crippen LogP contribution in [0.2, 0.25) is 0 Å². The Morgan fingerprint density at radius 3 is 1.04 bits per heavy atom. The van der Waals surface area contributed by atoms with E-state index in [1.54, 1.807) is 0 Å². The molecule has 0 saturated carbocycles. The SMILES string of the molecule is CC(=O)[O-].CCCCCCCCCCCCCCCCCC(=O)[O-].[K+].[K+]. The van der Waals surface area contributed by atoms with Gasteiger partial charge in [-0.05, 0) is 19.8 Å². The summed E-state index contributed by atoms with van der Waals surface area (Å²) >= 11 is 0. The van der Waals surface area contributed by atoms with Gasteiger partial charge in [-0.25, -0.2) is 0 Å². The zero-order chi connectivity index (χ0) is 18.5. The largest absolute Gasteiger partial charge is 1.00 e. The topological polar surface area (TPSA) is 80.3 Å². The van der Waals surface area contributed by atoms with Gasteiger partial charge in [0.05, 0.1) is 0 Å². The fraction of sp³-hybridized carbons (Fsp3) is 0.900. The van der Waals surface area contributed by atoms with Crippen LogP contribution < -0.4 is 113 Å². The Morgan fingerprint density at radius 1 is 0.577 bits per heavy atom. The number of carbonyl (C=O) groups is 2. The zero-order valence-corrected chi connectivity index (χ0v) is 24.2. The van der Waals surface area contributed by atoms with E-state index in [-0.39, 0.29) is 109 Å². The molecule has 0 saturated heterocycles. The minimum atomic E-state index is -1.08. The molecule has 0 aromatic carbocycles. The summed E-state index contributed by atoms with van der Waals surface area (Å²) in [5.74, 6) is -1.99. The maximum Gasteiger partial charge on any atom is 1.00 e. The number of hydrogen-bond donors (Lipinski definition) is 0. The van der Waals surface area contributed by atoms with Gasteiger partial charge < -0.3 is 19.8 Å². The van der Waals surface area contributed by atoms with E-state index >= 15 is 0 Å². The van der Waals surface area contributed by atoms with Crippen molar-refractivity contribution in [2.45, 2.75) is 117 Å². The number of unbranched alkanes of at least 4 members (excludes halogenated alkanes) is 14. The summed E-state index contributed by atoms with van der Waals surface area (Å²) in [5.41, 5.74) is 0. The molecule has 0 unspecified atom stereocenters. The molecule has 0 atom stereocenters. The van der Waals surface area contributed by atoms with E-state index in [0.29, 0.717) is 0 Å². The van der Waals surface area contributed by atoms with Crippen LogP contribution in [0.4, 0.5) is 0 Å². The van der Waals surface area contributed by atoms with E-state index in [1.807, 2.05) is 0 Å². The number of carboxylic acids is 2. The molecule has 4 nitrogen and oxygen atoms in total. The van der Waals surface area contributed by atoms with Crippen LogP contribution in [-0.4, -0.2) is 11.9 Å². The molecular formula is C20H38K2O4. The molecule has 0 aromatic heterocycles. The van der Waals surface area contributed by atoms with Crippen LogP contribution in [0.1, 0.15) is 117 Å². The molecule has 0 aliphatic carbocycles. The van der Waals surface area contributed by atoms with Crippen LogP contribution in [0.25, 0.3) is 0 Å². The third kappa shape index (κ3) is 45.1. The van der Waals surface area contributed by atoms with Gasteiger partial charge in [0.15, 0.2) is 0 Å². The van der Waals surface area contributed by atoms with Gasteiger partial charge in [0.1, 0.15) is 0 Å². The van der Waals surface area contributed by atoms with E-state index < -0.39 is 11.9 Å². The summed E-state index contributed by atoms with van der Waals surface area (Å²) in [6, 6.07) is 0. The number of carboxylic acid groups (broad SMARTS) is 2. The van der Waals surface area contributed by atoms with Crippen molar-refractivity contribution in [1.82, 2.24) is 0 Å². The Labute approximate surface area is 246 Å². The first-order valence-corrected chi connectivity index (χ1v) is 9.88. The zero-order valence-electron chi connectivity index (χ0n) is 17.9. The van der Waals surface area contributed by atoms with E-state index in [0.717, 1.165) is 19.8 Å². The second-order valence-corrected chi connectivity index (χ2v) is 6.56. The maximum atomic E-state index is 10.2. The van der Waals surface area contributed by atoms with Gasteiger partial charge in [-0.15, -0.1) is 0 Å². The molecule has 0 radical (unpaired) electrons. The molecule has 0 fully saturated rings. The van der Waals surface area contributed by atoms with Crippen LogP contribution in [0.3, 0.4) is 0 Å². The summed E-state index contributed by atoms with van der Waals surface area (Å²) in [6.45, 7) is 3.24. The smallest absolute Gasteiger partial charge is 0.550 e. The molecule has 0 amide bonds. The second kappa shape index (κ2) is 31.9. The monoisotopic (exact) mass is 420 g/mol. The summed E-state index contributed by atoms with van der Waals surface area (Å²) in [6.07, 6.45) is 19.9. The van der Waals surface area contributed by atoms with Crippen LogP contribution in [-0.2, 0) is 9.59 Å². The van der Waals surface area contributed by atoms with Crippen LogP contribution in [0.15, 0.2) is 0 Å². The van der Waals surface area contributed by atoms with Crippen molar-refractivity contribution in [3.05, 3.63) is 0 Å². The standard InChI is InChI=1S/C18H36O2.C2H4O2.2K/c1-2-3-4-5-6-7-8-9-10-11-12-13-14-15-16-17-18(19)20;1-2(3)4;;/h2-17H2,1H3,(H,19,20);1H3,(H,3,4);;/q;;2*+1/p-2. The van der Waals surface area contributed by atoms with Crippen molar-refractivity contribution in [1.29, 1.82) is 0 Å². The Kier molecular flexibility index (Phi) is 43.7. The Hall–Kier alpha value is 2.21. The van der Waals surface area contributed by atoms with E-state index in [4.69, 9.17) is 9.90 Å². The first-order valence-electron chi connectivity index (χ1n) is 9.88. The van der Waals surface area contributed by atoms with Crippen LogP contribution >= 0.6 is 0 Å². The van der Waals surface area contributed by atoms with Crippen molar-refractivity contribution >= 4 is 11.9 Å². The molecule has 0 aromatic rings. The number of rotatable bonds is 16. The van der Waals surface area contributed by atoms with Gasteiger partial charge in [0.25, 0.3) is 0 Å². The van der Waals surface area contributed by atoms with E-state index in [1.165, 1.54) is 83.5 Å². The second-order valence-electron chi connectivity index (χ2n) is 6.56. The Bertz CT molecular complexity index is 283. The molecule has 0 N–H and O–H groups in total. The Balaban J connectivity index is -0.000000363. The predicted octanol–water partition coefficient (Wildman–Crippen LogP) is -2.24. The molecule has 0 spiro atoms. The third-order valence-corrected chi connectivity index (χ3v) is 3.98. The van der Waals surface area contributed by atoms with Gasteiger partial charge >= 0.3 is 103 Å². The number of hydrogen-bond acceptors (Lipinski definition) is 4. The molecule has 0 aliphatic heterocycles. The molecule has 26 heavy (non-hydrogen) atoms. The molecule has 0 bridgehead atoms. The van der Waals surface area contributed by atoms with Gasteiger partial charge in [-0.2, -0.15) is 0 Å². The quantitative estimate of drug-likeness (QED) is 0.209. The van der Waals surface area contributed by atoms with Gasteiger partial charge in [-0.1, -0.05) is 96.8 Å². The Morgan fingerprint density at radius 2 is 0.808 bits per heavy atom. The molecular weight excluding hydrogens is 382 g/mol. The summed E-state index contributed by atoms with van der Waals surface area (Å²) in [7, 11) is 0. The fourth-order valence-corrected chi connectivity index (χ4v) is 2.64. The van der Waals surface area contributed by atoms with Crippen molar-refractivity contribution in [3.8, 4) is 0 Å².